The van der Waals surface area contributed by atoms with Gasteiger partial charge in [0.2, 0.25) is 0 Å². The molecule has 128 valence electrons. The number of carbonyl (C=O) groups is 2. The highest BCUT2D eigenvalue weighted by molar-refractivity contribution is 5.93. The van der Waals surface area contributed by atoms with Crippen LogP contribution in [0.1, 0.15) is 23.2 Å². The molecule has 0 aliphatic carbocycles. The zero-order chi connectivity index (χ0) is 17.3. The monoisotopic (exact) mass is 340 g/mol. The minimum atomic E-state index is -0.627. The molecule has 0 radical (unpaired) electrons. The van der Waals surface area contributed by atoms with Crippen molar-refractivity contribution < 1.29 is 19.1 Å². The summed E-state index contributed by atoms with van der Waals surface area (Å²) >= 11 is 0. The lowest BCUT2D eigenvalue weighted by molar-refractivity contribution is 0.00279. The molecule has 25 heavy (non-hydrogen) atoms. The Morgan fingerprint density at radius 2 is 1.88 bits per heavy atom. The molecule has 8 heteroatoms. The van der Waals surface area contributed by atoms with Crippen molar-refractivity contribution in [3.8, 4) is 11.5 Å². The van der Waals surface area contributed by atoms with Crippen LogP contribution in [-0.4, -0.2) is 57.2 Å². The molecule has 1 amide bonds. The van der Waals surface area contributed by atoms with Crippen molar-refractivity contribution in [3.05, 3.63) is 42.4 Å². The van der Waals surface area contributed by atoms with E-state index in [4.69, 9.17) is 9.47 Å². The van der Waals surface area contributed by atoms with Gasteiger partial charge in [0.25, 0.3) is 5.91 Å². The second-order valence-corrected chi connectivity index (χ2v) is 6.13. The standard InChI is InChI=1S/C17H16N4O4/c22-15(21-7-4-17(5-8-21)11-24-16(23)25-17)12-9-19-14(20-10-12)13-3-1-2-6-18-13/h1-3,6,9-10H,4-5,7-8,11H2. The van der Waals surface area contributed by atoms with Crippen molar-refractivity contribution in [2.75, 3.05) is 19.7 Å². The third kappa shape index (κ3) is 3.02. The Labute approximate surface area is 143 Å². The van der Waals surface area contributed by atoms with Crippen LogP contribution in [0.3, 0.4) is 0 Å². The normalized spacial score (nSPS) is 18.7. The van der Waals surface area contributed by atoms with E-state index in [1.165, 1.54) is 12.4 Å². The molecule has 2 aliphatic rings. The van der Waals surface area contributed by atoms with Gasteiger partial charge in [0.1, 0.15) is 12.3 Å². The lowest BCUT2D eigenvalue weighted by Gasteiger charge is -2.36. The van der Waals surface area contributed by atoms with Crippen LogP contribution in [0.4, 0.5) is 4.79 Å². The Morgan fingerprint density at radius 3 is 2.48 bits per heavy atom. The van der Waals surface area contributed by atoms with E-state index in [1.807, 2.05) is 18.2 Å². The summed E-state index contributed by atoms with van der Waals surface area (Å²) in [5.41, 5.74) is 0.507. The molecule has 2 aromatic heterocycles. The predicted molar refractivity (Wildman–Crippen MR) is 85.6 cm³/mol. The molecule has 1 spiro atoms. The average molecular weight is 340 g/mol. The van der Waals surface area contributed by atoms with E-state index >= 15 is 0 Å². The highest BCUT2D eigenvalue weighted by Gasteiger charge is 2.45. The van der Waals surface area contributed by atoms with Gasteiger partial charge in [0.15, 0.2) is 11.4 Å². The van der Waals surface area contributed by atoms with Gasteiger partial charge in [0.05, 0.1) is 5.56 Å². The number of cyclic esters (lactones) is 1. The summed E-state index contributed by atoms with van der Waals surface area (Å²) in [6.07, 6.45) is 5.21. The van der Waals surface area contributed by atoms with Gasteiger partial charge in [-0.05, 0) is 12.1 Å². The minimum absolute atomic E-state index is 0.132. The van der Waals surface area contributed by atoms with Crippen molar-refractivity contribution in [1.29, 1.82) is 0 Å². The van der Waals surface area contributed by atoms with E-state index < -0.39 is 11.8 Å². The number of ether oxygens (including phenoxy) is 2. The van der Waals surface area contributed by atoms with Crippen molar-refractivity contribution >= 4 is 12.1 Å². The van der Waals surface area contributed by atoms with Crippen molar-refractivity contribution in [1.82, 2.24) is 19.9 Å². The highest BCUT2D eigenvalue weighted by atomic mass is 16.8. The molecule has 0 aromatic carbocycles. The van der Waals surface area contributed by atoms with Gasteiger partial charge >= 0.3 is 6.16 Å². The molecule has 0 N–H and O–H groups in total. The minimum Gasteiger partial charge on any atom is -0.430 e. The number of piperidine rings is 1. The van der Waals surface area contributed by atoms with Gasteiger partial charge in [-0.15, -0.1) is 0 Å². The number of hydrogen-bond acceptors (Lipinski definition) is 7. The SMILES string of the molecule is O=C1OCC2(CCN(C(=O)c3cnc(-c4ccccn4)nc3)CC2)O1. The fourth-order valence-corrected chi connectivity index (χ4v) is 3.04. The van der Waals surface area contributed by atoms with Crippen LogP contribution in [-0.2, 0) is 9.47 Å². The molecule has 0 saturated carbocycles. The number of carbonyl (C=O) groups excluding carboxylic acids is 2. The molecule has 2 saturated heterocycles. The van der Waals surface area contributed by atoms with Crippen LogP contribution in [0.2, 0.25) is 0 Å². The zero-order valence-electron chi connectivity index (χ0n) is 13.4. The van der Waals surface area contributed by atoms with Gasteiger partial charge in [-0.1, -0.05) is 6.07 Å². The molecule has 2 aromatic rings. The largest absolute Gasteiger partial charge is 0.509 e. The van der Waals surface area contributed by atoms with Gasteiger partial charge in [-0.25, -0.2) is 14.8 Å². The topological polar surface area (TPSA) is 94.5 Å². The average Bonchev–Trinajstić information content (AvgIpc) is 3.03. The Balaban J connectivity index is 1.42. The van der Waals surface area contributed by atoms with Crippen LogP contribution < -0.4 is 0 Å². The molecular formula is C17H16N4O4. The first-order valence-corrected chi connectivity index (χ1v) is 8.04. The van der Waals surface area contributed by atoms with E-state index in [2.05, 4.69) is 15.0 Å². The highest BCUT2D eigenvalue weighted by Crippen LogP contribution is 2.32. The third-order valence-corrected chi connectivity index (χ3v) is 4.51. The molecule has 0 bridgehead atoms. The van der Waals surface area contributed by atoms with E-state index in [1.54, 1.807) is 11.1 Å². The number of pyridine rings is 1. The Bertz CT molecular complexity index is 786. The van der Waals surface area contributed by atoms with E-state index in [0.29, 0.717) is 43.0 Å². The summed E-state index contributed by atoms with van der Waals surface area (Å²) in [4.78, 5) is 38.1. The third-order valence-electron chi connectivity index (χ3n) is 4.51. The number of amides is 1. The maximum Gasteiger partial charge on any atom is 0.509 e. The number of nitrogens with zero attached hydrogens (tertiary/aromatic N) is 4. The maximum atomic E-state index is 12.6. The molecule has 2 fully saturated rings. The first-order valence-electron chi connectivity index (χ1n) is 8.04. The molecular weight excluding hydrogens is 324 g/mol. The van der Waals surface area contributed by atoms with Crippen LogP contribution >= 0.6 is 0 Å². The number of likely N-dealkylation sites (tertiary alicyclic amines) is 1. The van der Waals surface area contributed by atoms with Crippen molar-refractivity contribution in [2.24, 2.45) is 0 Å². The Morgan fingerprint density at radius 1 is 1.12 bits per heavy atom. The summed E-state index contributed by atoms with van der Waals surface area (Å²) in [6, 6.07) is 5.48. The molecule has 2 aliphatic heterocycles. The molecule has 4 rings (SSSR count). The second kappa shape index (κ2) is 6.12. The first-order chi connectivity index (χ1) is 12.2. The van der Waals surface area contributed by atoms with E-state index in [0.717, 1.165) is 0 Å². The number of aromatic nitrogens is 3. The van der Waals surface area contributed by atoms with Crippen molar-refractivity contribution in [2.45, 2.75) is 18.4 Å². The van der Waals surface area contributed by atoms with E-state index in [9.17, 15) is 9.59 Å². The summed E-state index contributed by atoms with van der Waals surface area (Å²) in [7, 11) is 0. The Kier molecular flexibility index (Phi) is 3.79. The van der Waals surface area contributed by atoms with Crippen molar-refractivity contribution in [3.63, 3.8) is 0 Å². The summed E-state index contributed by atoms with van der Waals surface area (Å²) in [5, 5.41) is 0. The summed E-state index contributed by atoms with van der Waals surface area (Å²) in [6.45, 7) is 1.25. The van der Waals surface area contributed by atoms with Gasteiger partial charge < -0.3 is 14.4 Å². The summed E-state index contributed by atoms with van der Waals surface area (Å²) < 4.78 is 10.1. The smallest absolute Gasteiger partial charge is 0.430 e. The van der Waals surface area contributed by atoms with Crippen LogP contribution in [0.5, 0.6) is 0 Å². The second-order valence-electron chi connectivity index (χ2n) is 6.13. The van der Waals surface area contributed by atoms with Gasteiger partial charge in [-0.2, -0.15) is 0 Å². The van der Waals surface area contributed by atoms with Gasteiger partial charge in [0, 0.05) is 44.5 Å². The number of hydrogen-bond donors (Lipinski definition) is 0. The fraction of sp³-hybridized carbons (Fsp3) is 0.353. The summed E-state index contributed by atoms with van der Waals surface area (Å²) in [5.74, 6) is 0.345. The lowest BCUT2D eigenvalue weighted by Crippen LogP contribution is -2.48. The Hall–Kier alpha value is -3.03. The molecule has 0 atom stereocenters. The number of rotatable bonds is 2. The molecule has 8 nitrogen and oxygen atoms in total. The lowest BCUT2D eigenvalue weighted by atomic mass is 9.92. The fourth-order valence-electron chi connectivity index (χ4n) is 3.04. The predicted octanol–water partition coefficient (Wildman–Crippen LogP) is 1.68. The van der Waals surface area contributed by atoms with Crippen LogP contribution in [0.15, 0.2) is 36.8 Å². The maximum absolute atomic E-state index is 12.6. The quantitative estimate of drug-likeness (QED) is 0.768. The first kappa shape index (κ1) is 15.5. The zero-order valence-corrected chi connectivity index (χ0v) is 13.4. The molecule has 0 unspecified atom stereocenters. The van der Waals surface area contributed by atoms with Gasteiger partial charge in [-0.3, -0.25) is 9.78 Å². The van der Waals surface area contributed by atoms with Crippen LogP contribution in [0.25, 0.3) is 11.5 Å². The molecule has 4 heterocycles. The van der Waals surface area contributed by atoms with Crippen LogP contribution in [0, 0.1) is 0 Å². The van der Waals surface area contributed by atoms with E-state index in [-0.39, 0.29) is 12.5 Å².